The zero-order valence-electron chi connectivity index (χ0n) is 18.3. The van der Waals surface area contributed by atoms with Crippen LogP contribution in [0.4, 0.5) is 0 Å². The summed E-state index contributed by atoms with van der Waals surface area (Å²) in [5.74, 6) is 1.36. The summed E-state index contributed by atoms with van der Waals surface area (Å²) >= 11 is 12.1. The van der Waals surface area contributed by atoms with Crippen LogP contribution in [0.1, 0.15) is 42.9 Å². The molecule has 172 valence electrons. The predicted molar refractivity (Wildman–Crippen MR) is 135 cm³/mol. The van der Waals surface area contributed by atoms with Crippen LogP contribution in [0.15, 0.2) is 54.6 Å². The van der Waals surface area contributed by atoms with Gasteiger partial charge in [-0.15, -0.1) is 17.5 Å². The minimum Gasteiger partial charge on any atom is -0.477 e. The van der Waals surface area contributed by atoms with E-state index < -0.39 is 0 Å². The summed E-state index contributed by atoms with van der Waals surface area (Å²) in [6.45, 7) is 6.20. The molecule has 4 nitrogen and oxygen atoms in total. The number of halogens is 3. The van der Waals surface area contributed by atoms with Crippen LogP contribution in [0.2, 0.25) is 10.0 Å². The van der Waals surface area contributed by atoms with Crippen LogP contribution in [0.5, 0.6) is 5.88 Å². The number of ether oxygens (including phenoxy) is 1. The van der Waals surface area contributed by atoms with Crippen molar-refractivity contribution in [2.24, 2.45) is 0 Å². The van der Waals surface area contributed by atoms with Crippen molar-refractivity contribution in [1.29, 1.82) is 0 Å². The minimum absolute atomic E-state index is 0. The summed E-state index contributed by atoms with van der Waals surface area (Å²) in [5.41, 5.74) is 3.36. The monoisotopic (exact) mass is 493 g/mol. The highest BCUT2D eigenvalue weighted by atomic mass is 35.5. The summed E-state index contributed by atoms with van der Waals surface area (Å²) in [5, 5.41) is 5.61. The number of unbranched alkanes of at least 4 members (excludes halogenated alkanes) is 1. The lowest BCUT2D eigenvalue weighted by Crippen LogP contribution is -2.33. The van der Waals surface area contributed by atoms with Crippen molar-refractivity contribution in [3.63, 3.8) is 0 Å². The average molecular weight is 495 g/mol. The van der Waals surface area contributed by atoms with Crippen LogP contribution >= 0.6 is 35.6 Å². The van der Waals surface area contributed by atoms with Gasteiger partial charge >= 0.3 is 0 Å². The molecule has 0 N–H and O–H groups in total. The third-order valence-corrected chi connectivity index (χ3v) is 6.73. The fourth-order valence-electron chi connectivity index (χ4n) is 4.22. The Kier molecular flexibility index (Phi) is 9.30. The van der Waals surface area contributed by atoms with Crippen LogP contribution in [0.3, 0.4) is 0 Å². The highest BCUT2D eigenvalue weighted by molar-refractivity contribution is 6.42. The molecule has 4 rings (SSSR count). The number of piperidine rings is 1. The summed E-state index contributed by atoms with van der Waals surface area (Å²) in [6, 6.07) is 18.4. The number of benzene rings is 2. The van der Waals surface area contributed by atoms with Crippen LogP contribution in [-0.2, 0) is 0 Å². The van der Waals surface area contributed by atoms with E-state index in [2.05, 4.69) is 40.3 Å². The molecule has 1 aliphatic rings. The van der Waals surface area contributed by atoms with E-state index >= 15 is 0 Å². The number of nitrogens with zero attached hydrogens (tertiary/aromatic N) is 3. The first-order valence-corrected chi connectivity index (χ1v) is 11.8. The molecule has 32 heavy (non-hydrogen) atoms. The van der Waals surface area contributed by atoms with E-state index in [4.69, 9.17) is 27.9 Å². The molecule has 1 aromatic heterocycles. The molecule has 7 heteroatoms. The van der Waals surface area contributed by atoms with Crippen molar-refractivity contribution in [2.45, 2.75) is 38.5 Å². The molecule has 1 aliphatic heterocycles. The third kappa shape index (κ3) is 6.41. The van der Waals surface area contributed by atoms with E-state index in [1.165, 1.54) is 31.5 Å². The van der Waals surface area contributed by atoms with E-state index in [9.17, 15) is 0 Å². The van der Waals surface area contributed by atoms with Gasteiger partial charge in [0.05, 0.1) is 22.3 Å². The van der Waals surface area contributed by atoms with Gasteiger partial charge in [-0.1, -0.05) is 53.5 Å². The molecule has 0 bridgehead atoms. The molecule has 0 radical (unpaired) electrons. The SMILES string of the molecule is Cc1cc(OCCCCN2CCC(c3ccccc3)CC2)nn1-c1ccc(Cl)c(Cl)c1.Cl. The smallest absolute Gasteiger partial charge is 0.233 e. The second-order valence-electron chi connectivity index (χ2n) is 8.22. The molecule has 0 amide bonds. The van der Waals surface area contributed by atoms with E-state index in [1.807, 2.05) is 29.8 Å². The van der Waals surface area contributed by atoms with Crippen molar-refractivity contribution >= 4 is 35.6 Å². The Bertz CT molecular complexity index is 985. The van der Waals surface area contributed by atoms with Crippen LogP contribution in [0, 0.1) is 6.92 Å². The number of hydrogen-bond donors (Lipinski definition) is 0. The number of likely N-dealkylation sites (tertiary alicyclic amines) is 1. The Labute approximate surface area is 206 Å². The van der Waals surface area contributed by atoms with Gasteiger partial charge in [-0.25, -0.2) is 4.68 Å². The first-order chi connectivity index (χ1) is 15.1. The van der Waals surface area contributed by atoms with Crippen molar-refractivity contribution in [3.05, 3.63) is 75.9 Å². The maximum absolute atomic E-state index is 6.14. The van der Waals surface area contributed by atoms with E-state index in [0.29, 0.717) is 22.5 Å². The number of aromatic nitrogens is 2. The molecule has 0 spiro atoms. The van der Waals surface area contributed by atoms with Crippen molar-refractivity contribution in [1.82, 2.24) is 14.7 Å². The van der Waals surface area contributed by atoms with E-state index in [-0.39, 0.29) is 12.4 Å². The van der Waals surface area contributed by atoms with Gasteiger partial charge < -0.3 is 9.64 Å². The van der Waals surface area contributed by atoms with Crippen molar-refractivity contribution < 1.29 is 4.74 Å². The molecular formula is C25H30Cl3N3O. The normalized spacial score (nSPS) is 14.8. The second-order valence-corrected chi connectivity index (χ2v) is 9.03. The van der Waals surface area contributed by atoms with Gasteiger partial charge in [0, 0.05) is 11.8 Å². The van der Waals surface area contributed by atoms with Gasteiger partial charge in [0.1, 0.15) is 0 Å². The molecule has 2 aromatic carbocycles. The van der Waals surface area contributed by atoms with Gasteiger partial charge in [-0.2, -0.15) is 0 Å². The standard InChI is InChI=1S/C25H29Cl2N3O.ClH/c1-19-17-25(28-30(19)22-9-10-23(26)24(27)18-22)31-16-6-5-13-29-14-11-21(12-15-29)20-7-3-2-4-8-20;/h2-4,7-10,17-18,21H,5-6,11-16H2,1H3;1H. The Morgan fingerprint density at radius 2 is 1.72 bits per heavy atom. The van der Waals surface area contributed by atoms with Gasteiger partial charge in [0.2, 0.25) is 5.88 Å². The molecule has 2 heterocycles. The Hall–Kier alpha value is -1.72. The minimum atomic E-state index is 0. The molecular weight excluding hydrogens is 465 g/mol. The summed E-state index contributed by atoms with van der Waals surface area (Å²) in [7, 11) is 0. The third-order valence-electron chi connectivity index (χ3n) is 5.99. The topological polar surface area (TPSA) is 30.3 Å². The number of aryl methyl sites for hydroxylation is 1. The highest BCUT2D eigenvalue weighted by Gasteiger charge is 2.19. The lowest BCUT2D eigenvalue weighted by Gasteiger charge is -2.32. The zero-order valence-corrected chi connectivity index (χ0v) is 20.7. The Morgan fingerprint density at radius 3 is 2.44 bits per heavy atom. The molecule has 0 unspecified atom stereocenters. The second kappa shape index (κ2) is 11.9. The number of rotatable bonds is 8. The lowest BCUT2D eigenvalue weighted by molar-refractivity contribution is 0.201. The molecule has 0 aliphatic carbocycles. The van der Waals surface area contributed by atoms with E-state index in [0.717, 1.165) is 36.7 Å². The maximum Gasteiger partial charge on any atom is 0.233 e. The quantitative estimate of drug-likeness (QED) is 0.317. The predicted octanol–water partition coefficient (Wildman–Crippen LogP) is 6.95. The molecule has 3 aromatic rings. The molecule has 0 atom stereocenters. The molecule has 0 saturated carbocycles. The van der Waals surface area contributed by atoms with E-state index in [1.54, 1.807) is 6.07 Å². The number of hydrogen-bond acceptors (Lipinski definition) is 3. The summed E-state index contributed by atoms with van der Waals surface area (Å²) in [4.78, 5) is 2.59. The fourth-order valence-corrected chi connectivity index (χ4v) is 4.52. The van der Waals surface area contributed by atoms with Crippen molar-refractivity contribution in [2.75, 3.05) is 26.2 Å². The van der Waals surface area contributed by atoms with Crippen LogP contribution < -0.4 is 4.74 Å². The summed E-state index contributed by atoms with van der Waals surface area (Å²) < 4.78 is 7.73. The summed E-state index contributed by atoms with van der Waals surface area (Å²) in [6.07, 6.45) is 4.68. The largest absolute Gasteiger partial charge is 0.477 e. The zero-order chi connectivity index (χ0) is 21.6. The first kappa shape index (κ1) is 24.9. The molecule has 1 fully saturated rings. The van der Waals surface area contributed by atoms with Crippen LogP contribution in [0.25, 0.3) is 5.69 Å². The molecule has 1 saturated heterocycles. The fraction of sp³-hybridized carbons (Fsp3) is 0.400. The van der Waals surface area contributed by atoms with Gasteiger partial charge in [-0.3, -0.25) is 0 Å². The van der Waals surface area contributed by atoms with Gasteiger partial charge in [0.15, 0.2) is 0 Å². The Balaban J connectivity index is 0.00000289. The van der Waals surface area contributed by atoms with Crippen molar-refractivity contribution in [3.8, 4) is 11.6 Å². The first-order valence-electron chi connectivity index (χ1n) is 11.0. The van der Waals surface area contributed by atoms with Gasteiger partial charge in [-0.05, 0) is 81.9 Å². The average Bonchev–Trinajstić information content (AvgIpc) is 3.17. The highest BCUT2D eigenvalue weighted by Crippen LogP contribution is 2.28. The Morgan fingerprint density at radius 1 is 0.969 bits per heavy atom. The lowest BCUT2D eigenvalue weighted by atomic mass is 9.89. The maximum atomic E-state index is 6.14. The van der Waals surface area contributed by atoms with Crippen LogP contribution in [-0.4, -0.2) is 40.9 Å². The van der Waals surface area contributed by atoms with Gasteiger partial charge in [0.25, 0.3) is 0 Å².